The zero-order valence-corrected chi connectivity index (χ0v) is 15.7. The van der Waals surface area contributed by atoms with E-state index in [-0.39, 0.29) is 5.25 Å². The lowest BCUT2D eigenvalue weighted by atomic mass is 9.91. The molecule has 2 heterocycles. The maximum atomic E-state index is 12.9. The molecular formula is C20H23NOS2. The number of thioether (sulfide) groups is 1. The Morgan fingerprint density at radius 2 is 2.12 bits per heavy atom. The zero-order valence-electron chi connectivity index (χ0n) is 14.0. The van der Waals surface area contributed by atoms with Gasteiger partial charge in [0.25, 0.3) is 0 Å². The minimum atomic E-state index is 0.0290. The predicted octanol–water partition coefficient (Wildman–Crippen LogP) is 4.83. The van der Waals surface area contributed by atoms with E-state index in [1.165, 1.54) is 40.8 Å². The van der Waals surface area contributed by atoms with E-state index in [0.717, 1.165) is 19.5 Å². The van der Waals surface area contributed by atoms with Crippen molar-refractivity contribution in [1.29, 1.82) is 0 Å². The van der Waals surface area contributed by atoms with E-state index in [0.29, 0.717) is 11.2 Å². The van der Waals surface area contributed by atoms with Crippen LogP contribution < -0.4 is 0 Å². The minimum absolute atomic E-state index is 0.0290. The van der Waals surface area contributed by atoms with Crippen molar-refractivity contribution in [1.82, 2.24) is 4.90 Å². The fraction of sp³-hybridized carbons (Fsp3) is 0.450. The van der Waals surface area contributed by atoms with E-state index in [4.69, 9.17) is 0 Å². The van der Waals surface area contributed by atoms with E-state index < -0.39 is 0 Å². The normalized spacial score (nSPS) is 21.0. The maximum Gasteiger partial charge on any atom is 0.235 e. The van der Waals surface area contributed by atoms with Crippen LogP contribution in [-0.4, -0.2) is 22.6 Å². The van der Waals surface area contributed by atoms with Crippen LogP contribution in [0.2, 0.25) is 0 Å². The average Bonchev–Trinajstić information content (AvgIpc) is 3.09. The van der Waals surface area contributed by atoms with Crippen LogP contribution in [0.3, 0.4) is 0 Å². The van der Waals surface area contributed by atoms with Gasteiger partial charge in [-0.2, -0.15) is 0 Å². The molecule has 2 atom stereocenters. The third kappa shape index (κ3) is 3.14. The summed E-state index contributed by atoms with van der Waals surface area (Å²) in [7, 11) is 0. The molecule has 2 nitrogen and oxygen atoms in total. The van der Waals surface area contributed by atoms with Crippen molar-refractivity contribution >= 4 is 29.0 Å². The van der Waals surface area contributed by atoms with Gasteiger partial charge in [-0.1, -0.05) is 24.3 Å². The Kier molecular flexibility index (Phi) is 4.68. The Morgan fingerprint density at radius 1 is 1.25 bits per heavy atom. The quantitative estimate of drug-likeness (QED) is 0.784. The first-order valence-electron chi connectivity index (χ1n) is 8.79. The topological polar surface area (TPSA) is 20.3 Å². The molecule has 1 aliphatic carbocycles. The van der Waals surface area contributed by atoms with Gasteiger partial charge in [-0.15, -0.1) is 23.1 Å². The molecule has 0 N–H and O–H groups in total. The van der Waals surface area contributed by atoms with Crippen LogP contribution in [0, 0.1) is 0 Å². The van der Waals surface area contributed by atoms with Crippen LogP contribution in [0.4, 0.5) is 0 Å². The molecule has 4 rings (SSSR count). The first kappa shape index (κ1) is 16.2. The van der Waals surface area contributed by atoms with Crippen LogP contribution in [0.25, 0.3) is 0 Å². The molecule has 24 heavy (non-hydrogen) atoms. The molecule has 1 aliphatic heterocycles. The number of nitrogens with zero attached hydrogens (tertiary/aromatic N) is 1. The van der Waals surface area contributed by atoms with Gasteiger partial charge in [0.05, 0.1) is 5.25 Å². The van der Waals surface area contributed by atoms with Gasteiger partial charge in [0.15, 0.2) is 0 Å². The molecule has 4 heteroatoms. The third-order valence-corrected chi connectivity index (χ3v) is 7.60. The molecule has 2 aromatic rings. The van der Waals surface area contributed by atoms with Gasteiger partial charge in [0.1, 0.15) is 0 Å². The van der Waals surface area contributed by atoms with E-state index >= 15 is 0 Å². The summed E-state index contributed by atoms with van der Waals surface area (Å²) >= 11 is 3.68. The van der Waals surface area contributed by atoms with Crippen molar-refractivity contribution in [2.75, 3.05) is 6.54 Å². The number of thiophene rings is 1. The van der Waals surface area contributed by atoms with E-state index in [1.54, 1.807) is 0 Å². The molecule has 126 valence electrons. The van der Waals surface area contributed by atoms with Crippen molar-refractivity contribution < 1.29 is 4.79 Å². The van der Waals surface area contributed by atoms with Gasteiger partial charge in [0, 0.05) is 23.2 Å². The summed E-state index contributed by atoms with van der Waals surface area (Å²) in [6, 6.07) is 10.9. The molecule has 1 amide bonds. The molecule has 0 radical (unpaired) electrons. The number of fused-ring (bicyclic) bond motifs is 2. The van der Waals surface area contributed by atoms with Crippen molar-refractivity contribution in [2.24, 2.45) is 0 Å². The van der Waals surface area contributed by atoms with Gasteiger partial charge in [-0.25, -0.2) is 0 Å². The number of benzene rings is 1. The van der Waals surface area contributed by atoms with Crippen LogP contribution in [0.1, 0.15) is 46.6 Å². The lowest BCUT2D eigenvalue weighted by molar-refractivity contribution is -0.131. The highest BCUT2D eigenvalue weighted by atomic mass is 32.2. The highest BCUT2D eigenvalue weighted by Crippen LogP contribution is 2.42. The van der Waals surface area contributed by atoms with Crippen LogP contribution in [0.5, 0.6) is 0 Å². The van der Waals surface area contributed by atoms with Crippen molar-refractivity contribution in [3.05, 3.63) is 57.3 Å². The Bertz CT molecular complexity index is 739. The number of amides is 1. The van der Waals surface area contributed by atoms with E-state index in [2.05, 4.69) is 47.5 Å². The van der Waals surface area contributed by atoms with Crippen molar-refractivity contribution in [2.45, 2.75) is 49.7 Å². The summed E-state index contributed by atoms with van der Waals surface area (Å²) in [6.45, 7) is 3.76. The lowest BCUT2D eigenvalue weighted by Gasteiger charge is -2.32. The second-order valence-electron chi connectivity index (χ2n) is 6.74. The number of aryl methyl sites for hydroxylation is 1. The lowest BCUT2D eigenvalue weighted by Crippen LogP contribution is -2.40. The Hall–Kier alpha value is -1.26. The van der Waals surface area contributed by atoms with Crippen molar-refractivity contribution in [3.8, 4) is 0 Å². The Balaban J connectivity index is 1.43. The first-order valence-corrected chi connectivity index (χ1v) is 10.6. The summed E-state index contributed by atoms with van der Waals surface area (Å²) in [4.78, 5) is 16.4. The minimum Gasteiger partial charge on any atom is -0.337 e. The van der Waals surface area contributed by atoms with Gasteiger partial charge in [-0.3, -0.25) is 4.79 Å². The Morgan fingerprint density at radius 3 is 3.04 bits per heavy atom. The number of hydrogen-bond acceptors (Lipinski definition) is 3. The zero-order chi connectivity index (χ0) is 16.5. The molecule has 2 aliphatic rings. The fourth-order valence-electron chi connectivity index (χ4n) is 3.85. The second kappa shape index (κ2) is 6.93. The standard InChI is InChI=1S/C20H23NOS2/c1-14(20(22)21-11-9-18-16(13-21)10-12-23-18)24-19-8-4-6-15-5-2-3-7-17(15)19/h2-3,5,7,10,12,14,19H,4,6,8-9,11,13H2,1H3. The van der Waals surface area contributed by atoms with Gasteiger partial charge >= 0.3 is 0 Å². The van der Waals surface area contributed by atoms with Crippen LogP contribution in [0.15, 0.2) is 35.7 Å². The molecule has 0 saturated carbocycles. The number of carbonyl (C=O) groups excluding carboxylic acids is 1. The molecule has 2 unspecified atom stereocenters. The number of hydrogen-bond donors (Lipinski definition) is 0. The third-order valence-electron chi connectivity index (χ3n) is 5.15. The molecule has 0 saturated heterocycles. The summed E-state index contributed by atoms with van der Waals surface area (Å²) in [5, 5.41) is 2.65. The van der Waals surface area contributed by atoms with Gasteiger partial charge in [-0.05, 0) is 60.7 Å². The second-order valence-corrected chi connectivity index (χ2v) is 9.29. The molecule has 0 spiro atoms. The molecule has 0 bridgehead atoms. The van der Waals surface area contributed by atoms with Crippen LogP contribution >= 0.6 is 23.1 Å². The van der Waals surface area contributed by atoms with Crippen molar-refractivity contribution in [3.63, 3.8) is 0 Å². The summed E-state index contributed by atoms with van der Waals surface area (Å²) < 4.78 is 0. The summed E-state index contributed by atoms with van der Waals surface area (Å²) in [5.74, 6) is 0.305. The summed E-state index contributed by atoms with van der Waals surface area (Å²) in [5.41, 5.74) is 4.27. The summed E-state index contributed by atoms with van der Waals surface area (Å²) in [6.07, 6.45) is 4.62. The smallest absolute Gasteiger partial charge is 0.235 e. The fourth-order valence-corrected chi connectivity index (χ4v) is 6.18. The molecule has 1 aromatic carbocycles. The van der Waals surface area contributed by atoms with E-state index in [1.807, 2.05) is 23.1 Å². The Labute approximate surface area is 152 Å². The average molecular weight is 358 g/mol. The highest BCUT2D eigenvalue weighted by Gasteiger charge is 2.29. The van der Waals surface area contributed by atoms with Gasteiger partial charge in [0.2, 0.25) is 5.91 Å². The maximum absolute atomic E-state index is 12.9. The monoisotopic (exact) mass is 357 g/mol. The SMILES string of the molecule is CC(SC1CCCc2ccccc21)C(=O)N1CCc2sccc2C1. The first-order chi connectivity index (χ1) is 11.7. The number of carbonyl (C=O) groups is 1. The molecule has 1 aromatic heterocycles. The molecular weight excluding hydrogens is 334 g/mol. The van der Waals surface area contributed by atoms with Crippen LogP contribution in [-0.2, 0) is 24.2 Å². The highest BCUT2D eigenvalue weighted by molar-refractivity contribution is 8.00. The van der Waals surface area contributed by atoms with E-state index in [9.17, 15) is 4.79 Å². The predicted molar refractivity (Wildman–Crippen MR) is 103 cm³/mol. The number of rotatable bonds is 3. The van der Waals surface area contributed by atoms with Gasteiger partial charge < -0.3 is 4.90 Å². The molecule has 0 fully saturated rings. The largest absolute Gasteiger partial charge is 0.337 e.